The maximum Gasteiger partial charge on any atom is 0.273 e. The predicted molar refractivity (Wildman–Crippen MR) is 86.3 cm³/mol. The average Bonchev–Trinajstić information content (AvgIpc) is 3.22. The first-order valence-corrected chi connectivity index (χ1v) is 7.63. The van der Waals surface area contributed by atoms with Crippen LogP contribution < -0.4 is 10.1 Å². The highest BCUT2D eigenvalue weighted by Gasteiger charge is 2.16. The summed E-state index contributed by atoms with van der Waals surface area (Å²) in [5, 5.41) is 6.88. The smallest absolute Gasteiger partial charge is 0.273 e. The van der Waals surface area contributed by atoms with Crippen LogP contribution >= 0.6 is 0 Å². The van der Waals surface area contributed by atoms with Gasteiger partial charge in [-0.25, -0.2) is 9.37 Å². The molecular weight excluding hydrogens is 327 g/mol. The van der Waals surface area contributed by atoms with Gasteiger partial charge in [0.25, 0.3) is 5.91 Å². The van der Waals surface area contributed by atoms with Gasteiger partial charge < -0.3 is 14.5 Å². The van der Waals surface area contributed by atoms with Crippen LogP contribution in [0.25, 0.3) is 0 Å². The van der Waals surface area contributed by atoms with E-state index in [1.54, 1.807) is 30.1 Å². The van der Waals surface area contributed by atoms with Crippen LogP contribution in [0.2, 0.25) is 0 Å². The number of rotatable bonds is 6. The lowest BCUT2D eigenvalue weighted by atomic mass is 10.2. The Morgan fingerprint density at radius 3 is 3.04 bits per heavy atom. The van der Waals surface area contributed by atoms with E-state index in [4.69, 9.17) is 9.15 Å². The summed E-state index contributed by atoms with van der Waals surface area (Å²) < 4.78 is 25.4. The van der Waals surface area contributed by atoms with E-state index in [-0.39, 0.29) is 30.1 Å². The third kappa shape index (κ3) is 4.23. The van der Waals surface area contributed by atoms with Gasteiger partial charge in [0.1, 0.15) is 17.8 Å². The third-order valence-electron chi connectivity index (χ3n) is 3.52. The first-order chi connectivity index (χ1) is 12.0. The summed E-state index contributed by atoms with van der Waals surface area (Å²) in [5.74, 6) is -0.177. The van der Waals surface area contributed by atoms with Gasteiger partial charge in [0.15, 0.2) is 12.3 Å². The number of hydrogen-bond acceptors (Lipinski definition) is 5. The molecule has 0 bridgehead atoms. The average molecular weight is 344 g/mol. The molecule has 1 N–H and O–H groups in total. The number of carbonyl (C=O) groups is 1. The molecule has 2 aromatic heterocycles. The Balaban J connectivity index is 1.57. The van der Waals surface area contributed by atoms with Crippen LogP contribution in [0.3, 0.4) is 0 Å². The zero-order valence-electron chi connectivity index (χ0n) is 13.8. The van der Waals surface area contributed by atoms with Crippen LogP contribution in [0.1, 0.15) is 34.9 Å². The molecule has 25 heavy (non-hydrogen) atoms. The van der Waals surface area contributed by atoms with Gasteiger partial charge in [-0.3, -0.25) is 9.48 Å². The van der Waals surface area contributed by atoms with Crippen molar-refractivity contribution in [1.82, 2.24) is 20.1 Å². The number of ether oxygens (including phenoxy) is 1. The second kappa shape index (κ2) is 7.16. The van der Waals surface area contributed by atoms with Crippen molar-refractivity contribution >= 4 is 5.91 Å². The summed E-state index contributed by atoms with van der Waals surface area (Å²) >= 11 is 0. The number of oxazole rings is 1. The van der Waals surface area contributed by atoms with Gasteiger partial charge in [-0.1, -0.05) is 6.07 Å². The maximum atomic E-state index is 13.1. The molecule has 1 atom stereocenters. The van der Waals surface area contributed by atoms with Crippen molar-refractivity contribution in [1.29, 1.82) is 0 Å². The van der Waals surface area contributed by atoms with Crippen LogP contribution in [0.15, 0.2) is 47.3 Å². The van der Waals surface area contributed by atoms with Crippen molar-refractivity contribution in [3.63, 3.8) is 0 Å². The molecule has 0 aliphatic heterocycles. The highest BCUT2D eigenvalue weighted by Crippen LogP contribution is 2.15. The fraction of sp³-hybridized carbons (Fsp3) is 0.235. The van der Waals surface area contributed by atoms with Crippen molar-refractivity contribution in [2.45, 2.75) is 19.6 Å². The van der Waals surface area contributed by atoms with Crippen LogP contribution in [-0.4, -0.2) is 20.7 Å². The number of amides is 1. The van der Waals surface area contributed by atoms with E-state index in [2.05, 4.69) is 15.4 Å². The van der Waals surface area contributed by atoms with E-state index < -0.39 is 5.82 Å². The van der Waals surface area contributed by atoms with Crippen molar-refractivity contribution in [3.8, 4) is 5.75 Å². The Hall–Kier alpha value is -3.16. The molecule has 7 nitrogen and oxygen atoms in total. The van der Waals surface area contributed by atoms with Crippen LogP contribution in [0.4, 0.5) is 4.39 Å². The molecule has 130 valence electrons. The second-order valence-corrected chi connectivity index (χ2v) is 5.52. The number of aromatic nitrogens is 3. The zero-order valence-corrected chi connectivity index (χ0v) is 13.8. The normalized spacial score (nSPS) is 12.0. The number of benzene rings is 1. The number of nitrogens with zero attached hydrogens (tertiary/aromatic N) is 3. The molecule has 8 heteroatoms. The molecule has 0 fully saturated rings. The highest BCUT2D eigenvalue weighted by molar-refractivity contribution is 5.92. The summed E-state index contributed by atoms with van der Waals surface area (Å²) in [6.07, 6.45) is 4.77. The summed E-state index contributed by atoms with van der Waals surface area (Å²) in [4.78, 5) is 16.3. The first kappa shape index (κ1) is 16.7. The molecule has 1 aromatic carbocycles. The Morgan fingerprint density at radius 2 is 2.32 bits per heavy atom. The summed E-state index contributed by atoms with van der Waals surface area (Å²) in [5.41, 5.74) is 1.03. The van der Waals surface area contributed by atoms with Crippen molar-refractivity contribution in [2.24, 2.45) is 7.05 Å². The predicted octanol–water partition coefficient (Wildman–Crippen LogP) is 2.62. The minimum absolute atomic E-state index is 0.00507. The van der Waals surface area contributed by atoms with Gasteiger partial charge in [0.2, 0.25) is 5.89 Å². The van der Waals surface area contributed by atoms with E-state index >= 15 is 0 Å². The van der Waals surface area contributed by atoms with Gasteiger partial charge in [-0.15, -0.1) is 0 Å². The molecule has 0 aliphatic carbocycles. The molecule has 0 radical (unpaired) electrons. The second-order valence-electron chi connectivity index (χ2n) is 5.52. The van der Waals surface area contributed by atoms with Crippen molar-refractivity contribution < 1.29 is 18.3 Å². The zero-order chi connectivity index (χ0) is 17.8. The molecule has 0 aliphatic rings. The maximum absolute atomic E-state index is 13.1. The van der Waals surface area contributed by atoms with Crippen molar-refractivity contribution in [3.05, 3.63) is 65.9 Å². The monoisotopic (exact) mass is 344 g/mol. The Labute approximate surface area is 143 Å². The van der Waals surface area contributed by atoms with Crippen LogP contribution in [0.5, 0.6) is 5.75 Å². The standard InChI is InChI=1S/C17H17FN4O3/c1-11(12-7-19-22(2)8-12)20-17(23)15-9-25-16(21-15)10-24-14-5-3-4-13(18)6-14/h3-9,11H,10H2,1-2H3,(H,20,23)/t11-/m0/s1. The van der Waals surface area contributed by atoms with Gasteiger partial charge >= 0.3 is 0 Å². The van der Waals surface area contributed by atoms with Crippen LogP contribution in [-0.2, 0) is 13.7 Å². The number of halogens is 1. The first-order valence-electron chi connectivity index (χ1n) is 7.63. The summed E-state index contributed by atoms with van der Waals surface area (Å²) in [6.45, 7) is 1.85. The van der Waals surface area contributed by atoms with Crippen LogP contribution in [0, 0.1) is 5.82 Å². The fourth-order valence-electron chi connectivity index (χ4n) is 2.20. The molecule has 0 saturated heterocycles. The lowest BCUT2D eigenvalue weighted by molar-refractivity contribution is 0.0934. The molecule has 2 heterocycles. The van der Waals surface area contributed by atoms with E-state index in [9.17, 15) is 9.18 Å². The molecule has 3 aromatic rings. The SMILES string of the molecule is C[C@H](NC(=O)c1coc(COc2cccc(F)c2)n1)c1cnn(C)c1. The lowest BCUT2D eigenvalue weighted by Gasteiger charge is -2.10. The minimum atomic E-state index is -0.394. The molecule has 3 rings (SSSR count). The molecular formula is C17H17FN4O3. The summed E-state index contributed by atoms with van der Waals surface area (Å²) in [6, 6.07) is 5.52. The third-order valence-corrected chi connectivity index (χ3v) is 3.52. The Morgan fingerprint density at radius 1 is 1.48 bits per heavy atom. The van der Waals surface area contributed by atoms with Gasteiger partial charge in [0, 0.05) is 24.9 Å². The largest absolute Gasteiger partial charge is 0.484 e. The fourth-order valence-corrected chi connectivity index (χ4v) is 2.20. The molecule has 0 saturated carbocycles. The molecule has 0 spiro atoms. The highest BCUT2D eigenvalue weighted by atomic mass is 19.1. The topological polar surface area (TPSA) is 82.2 Å². The van der Waals surface area contributed by atoms with Gasteiger partial charge in [0.05, 0.1) is 12.2 Å². The number of nitrogens with one attached hydrogen (secondary N) is 1. The van der Waals surface area contributed by atoms with E-state index in [0.29, 0.717) is 5.75 Å². The lowest BCUT2D eigenvalue weighted by Crippen LogP contribution is -2.26. The van der Waals surface area contributed by atoms with E-state index in [0.717, 1.165) is 5.56 Å². The minimum Gasteiger partial charge on any atom is -0.484 e. The number of hydrogen-bond donors (Lipinski definition) is 1. The van der Waals surface area contributed by atoms with Crippen molar-refractivity contribution in [2.75, 3.05) is 0 Å². The number of carbonyl (C=O) groups excluding carboxylic acids is 1. The van der Waals surface area contributed by atoms with Gasteiger partial charge in [-0.2, -0.15) is 5.10 Å². The Kier molecular flexibility index (Phi) is 4.78. The van der Waals surface area contributed by atoms with E-state index in [1.165, 1.54) is 18.4 Å². The van der Waals surface area contributed by atoms with Gasteiger partial charge in [-0.05, 0) is 19.1 Å². The van der Waals surface area contributed by atoms with E-state index in [1.807, 2.05) is 13.1 Å². The Bertz CT molecular complexity index is 874. The molecule has 1 amide bonds. The molecule has 0 unspecified atom stereocenters. The number of aryl methyl sites for hydroxylation is 1. The summed E-state index contributed by atoms with van der Waals surface area (Å²) in [7, 11) is 1.81. The quantitative estimate of drug-likeness (QED) is 0.743.